The number of likely N-dealkylation sites (N-methyl/N-ethyl adjacent to an activating group) is 1. The molecule has 0 radical (unpaired) electrons. The molecule has 2 fully saturated rings. The summed E-state index contributed by atoms with van der Waals surface area (Å²) in [7, 11) is 4.27. The standard InChI is InChI=1S/C17H29N5/c1-18-16-15(5-3-8-20-16)13-22-12-4-11-21(2)17(14-22)6-9-19-10-7-17/h3,5,8,19H,4,6-7,9-14H2,1-2H3,(H,18,20). The van der Waals surface area contributed by atoms with Crippen LogP contribution in [-0.4, -0.2) is 67.1 Å². The van der Waals surface area contributed by atoms with Gasteiger partial charge in [0.25, 0.3) is 0 Å². The van der Waals surface area contributed by atoms with Crippen LogP contribution in [0.3, 0.4) is 0 Å². The molecule has 0 aromatic carbocycles. The minimum Gasteiger partial charge on any atom is -0.373 e. The monoisotopic (exact) mass is 303 g/mol. The number of rotatable bonds is 3. The van der Waals surface area contributed by atoms with Crippen molar-refractivity contribution >= 4 is 5.82 Å². The van der Waals surface area contributed by atoms with E-state index in [1.165, 1.54) is 44.5 Å². The maximum atomic E-state index is 4.45. The molecule has 3 heterocycles. The van der Waals surface area contributed by atoms with E-state index in [4.69, 9.17) is 0 Å². The van der Waals surface area contributed by atoms with E-state index in [2.05, 4.69) is 38.5 Å². The third-order valence-corrected chi connectivity index (χ3v) is 5.35. The third-order valence-electron chi connectivity index (χ3n) is 5.35. The van der Waals surface area contributed by atoms with Crippen molar-refractivity contribution in [3.63, 3.8) is 0 Å². The van der Waals surface area contributed by atoms with Crippen LogP contribution in [0.2, 0.25) is 0 Å². The average molecular weight is 303 g/mol. The van der Waals surface area contributed by atoms with Gasteiger partial charge in [-0.3, -0.25) is 9.80 Å². The number of aromatic nitrogens is 1. The zero-order valence-electron chi connectivity index (χ0n) is 13.9. The number of hydrogen-bond donors (Lipinski definition) is 2. The summed E-state index contributed by atoms with van der Waals surface area (Å²) in [6.45, 7) is 6.84. The van der Waals surface area contributed by atoms with Gasteiger partial charge in [-0.2, -0.15) is 0 Å². The van der Waals surface area contributed by atoms with Gasteiger partial charge >= 0.3 is 0 Å². The summed E-state index contributed by atoms with van der Waals surface area (Å²) in [6.07, 6.45) is 5.62. The largest absolute Gasteiger partial charge is 0.373 e. The van der Waals surface area contributed by atoms with E-state index in [0.717, 1.165) is 25.5 Å². The number of pyridine rings is 1. The number of anilines is 1. The van der Waals surface area contributed by atoms with Gasteiger partial charge in [-0.1, -0.05) is 6.07 Å². The topological polar surface area (TPSA) is 43.4 Å². The highest BCUT2D eigenvalue weighted by molar-refractivity contribution is 5.42. The zero-order valence-corrected chi connectivity index (χ0v) is 13.9. The molecule has 0 unspecified atom stereocenters. The first-order valence-electron chi connectivity index (χ1n) is 8.49. The van der Waals surface area contributed by atoms with Crippen LogP contribution in [0, 0.1) is 0 Å². The average Bonchev–Trinajstić information content (AvgIpc) is 2.69. The van der Waals surface area contributed by atoms with Crippen LogP contribution in [0.5, 0.6) is 0 Å². The van der Waals surface area contributed by atoms with E-state index in [1.807, 2.05) is 19.3 Å². The molecule has 0 saturated carbocycles. The molecule has 1 spiro atoms. The van der Waals surface area contributed by atoms with E-state index in [9.17, 15) is 0 Å². The molecule has 0 atom stereocenters. The van der Waals surface area contributed by atoms with Crippen LogP contribution in [0.1, 0.15) is 24.8 Å². The second-order valence-corrected chi connectivity index (χ2v) is 6.72. The van der Waals surface area contributed by atoms with Crippen LogP contribution >= 0.6 is 0 Å². The van der Waals surface area contributed by atoms with Crippen molar-refractivity contribution in [3.8, 4) is 0 Å². The second-order valence-electron chi connectivity index (χ2n) is 6.72. The van der Waals surface area contributed by atoms with Crippen molar-refractivity contribution in [1.29, 1.82) is 0 Å². The quantitative estimate of drug-likeness (QED) is 0.883. The van der Waals surface area contributed by atoms with Gasteiger partial charge < -0.3 is 10.6 Å². The first-order valence-corrected chi connectivity index (χ1v) is 8.49. The van der Waals surface area contributed by atoms with E-state index >= 15 is 0 Å². The molecule has 0 bridgehead atoms. The lowest BCUT2D eigenvalue weighted by molar-refractivity contribution is 0.0638. The van der Waals surface area contributed by atoms with E-state index in [-0.39, 0.29) is 0 Å². The fraction of sp³-hybridized carbons (Fsp3) is 0.706. The number of piperidine rings is 1. The lowest BCUT2D eigenvalue weighted by atomic mass is 9.86. The molecule has 2 aliphatic heterocycles. The van der Waals surface area contributed by atoms with Crippen molar-refractivity contribution in [1.82, 2.24) is 20.1 Å². The number of hydrogen-bond acceptors (Lipinski definition) is 5. The van der Waals surface area contributed by atoms with Gasteiger partial charge in [0.2, 0.25) is 0 Å². The molecule has 122 valence electrons. The molecule has 22 heavy (non-hydrogen) atoms. The van der Waals surface area contributed by atoms with Gasteiger partial charge in [0.1, 0.15) is 5.82 Å². The minimum absolute atomic E-state index is 0.351. The van der Waals surface area contributed by atoms with E-state index < -0.39 is 0 Å². The van der Waals surface area contributed by atoms with Crippen LogP contribution < -0.4 is 10.6 Å². The Balaban J connectivity index is 1.75. The van der Waals surface area contributed by atoms with Crippen LogP contribution in [0.15, 0.2) is 18.3 Å². The molecule has 5 heteroatoms. The second kappa shape index (κ2) is 6.94. The molecule has 2 saturated heterocycles. The van der Waals surface area contributed by atoms with Crippen molar-refractivity contribution < 1.29 is 0 Å². The molecule has 0 amide bonds. The lowest BCUT2D eigenvalue weighted by Crippen LogP contribution is -2.57. The Kier molecular flexibility index (Phi) is 4.96. The summed E-state index contributed by atoms with van der Waals surface area (Å²) in [5.74, 6) is 1.01. The summed E-state index contributed by atoms with van der Waals surface area (Å²) in [5, 5.41) is 6.74. The fourth-order valence-corrected chi connectivity index (χ4v) is 3.98. The number of nitrogens with zero attached hydrogens (tertiary/aromatic N) is 3. The lowest BCUT2D eigenvalue weighted by Gasteiger charge is -2.45. The molecule has 2 aliphatic rings. The Morgan fingerprint density at radius 3 is 2.91 bits per heavy atom. The summed E-state index contributed by atoms with van der Waals surface area (Å²) < 4.78 is 0. The first kappa shape index (κ1) is 15.7. The Morgan fingerprint density at radius 1 is 1.32 bits per heavy atom. The minimum atomic E-state index is 0.351. The maximum absolute atomic E-state index is 4.45. The predicted molar refractivity (Wildman–Crippen MR) is 91.1 cm³/mol. The molecule has 3 rings (SSSR count). The summed E-state index contributed by atoms with van der Waals surface area (Å²) in [5.41, 5.74) is 1.66. The van der Waals surface area contributed by atoms with Gasteiger partial charge in [0, 0.05) is 37.4 Å². The smallest absolute Gasteiger partial charge is 0.130 e. The fourth-order valence-electron chi connectivity index (χ4n) is 3.98. The van der Waals surface area contributed by atoms with Crippen LogP contribution in [-0.2, 0) is 6.54 Å². The molecule has 1 aromatic rings. The molecule has 2 N–H and O–H groups in total. The van der Waals surface area contributed by atoms with E-state index in [0.29, 0.717) is 5.54 Å². The molecule has 5 nitrogen and oxygen atoms in total. The number of nitrogens with one attached hydrogen (secondary N) is 2. The van der Waals surface area contributed by atoms with Gasteiger partial charge in [0.05, 0.1) is 0 Å². The van der Waals surface area contributed by atoms with Crippen LogP contribution in [0.4, 0.5) is 5.82 Å². The SMILES string of the molecule is CNc1ncccc1CN1CCCN(C)C2(CCNCC2)C1. The summed E-state index contributed by atoms with van der Waals surface area (Å²) in [6, 6.07) is 4.24. The summed E-state index contributed by atoms with van der Waals surface area (Å²) in [4.78, 5) is 9.70. The maximum Gasteiger partial charge on any atom is 0.130 e. The molecular weight excluding hydrogens is 274 g/mol. The highest BCUT2D eigenvalue weighted by atomic mass is 15.3. The Morgan fingerprint density at radius 2 is 2.14 bits per heavy atom. The van der Waals surface area contributed by atoms with Crippen LogP contribution in [0.25, 0.3) is 0 Å². The van der Waals surface area contributed by atoms with E-state index in [1.54, 1.807) is 0 Å². The highest BCUT2D eigenvalue weighted by Crippen LogP contribution is 2.29. The van der Waals surface area contributed by atoms with Gasteiger partial charge in [-0.05, 0) is 58.6 Å². The zero-order chi connectivity index (χ0) is 15.4. The van der Waals surface area contributed by atoms with Crippen molar-refractivity contribution in [2.45, 2.75) is 31.3 Å². The van der Waals surface area contributed by atoms with Crippen molar-refractivity contribution in [2.75, 3.05) is 52.1 Å². The Bertz CT molecular complexity index is 484. The van der Waals surface area contributed by atoms with Gasteiger partial charge in [-0.15, -0.1) is 0 Å². The molecule has 1 aromatic heterocycles. The Hall–Kier alpha value is -1.17. The molecular formula is C17H29N5. The normalized spacial score (nSPS) is 23.4. The van der Waals surface area contributed by atoms with Crippen molar-refractivity contribution in [2.24, 2.45) is 0 Å². The predicted octanol–water partition coefficient (Wildman–Crippen LogP) is 1.38. The van der Waals surface area contributed by atoms with Gasteiger partial charge in [0.15, 0.2) is 0 Å². The first-order chi connectivity index (χ1) is 10.7. The third kappa shape index (κ3) is 3.26. The Labute approximate surface area is 134 Å². The van der Waals surface area contributed by atoms with Crippen molar-refractivity contribution in [3.05, 3.63) is 23.9 Å². The summed E-state index contributed by atoms with van der Waals surface area (Å²) >= 11 is 0. The molecule has 0 aliphatic carbocycles. The van der Waals surface area contributed by atoms with Gasteiger partial charge in [-0.25, -0.2) is 4.98 Å². The highest BCUT2D eigenvalue weighted by Gasteiger charge is 2.39.